The van der Waals surface area contributed by atoms with Crippen LogP contribution in [0.4, 0.5) is 14.5 Å². The molecule has 18 heavy (non-hydrogen) atoms. The number of benzene rings is 1. The van der Waals surface area contributed by atoms with E-state index in [-0.39, 0.29) is 6.04 Å². The molecule has 0 fully saturated rings. The largest absolute Gasteiger partial charge is 0.378 e. The molecule has 0 saturated heterocycles. The van der Waals surface area contributed by atoms with Crippen LogP contribution in [0, 0.1) is 11.6 Å². The van der Waals surface area contributed by atoms with Gasteiger partial charge in [-0.25, -0.2) is 18.4 Å². The van der Waals surface area contributed by atoms with E-state index in [0.717, 1.165) is 18.0 Å². The second kappa shape index (κ2) is 5.12. The van der Waals surface area contributed by atoms with Gasteiger partial charge in [-0.2, -0.15) is 5.10 Å². The lowest BCUT2D eigenvalue weighted by Crippen LogP contribution is -2.12. The number of halogens is 2. The van der Waals surface area contributed by atoms with Crippen LogP contribution in [0.2, 0.25) is 0 Å². The number of hydrogen-bond acceptors (Lipinski definition) is 3. The van der Waals surface area contributed by atoms with Gasteiger partial charge in [0.15, 0.2) is 11.6 Å². The van der Waals surface area contributed by atoms with Crippen molar-refractivity contribution in [2.24, 2.45) is 0 Å². The van der Waals surface area contributed by atoms with Crippen molar-refractivity contribution in [2.75, 3.05) is 5.32 Å². The first-order valence-corrected chi connectivity index (χ1v) is 5.65. The van der Waals surface area contributed by atoms with Crippen LogP contribution in [-0.2, 0) is 6.54 Å². The molecular formula is C12H14F2N4. The first-order chi connectivity index (χ1) is 8.58. The van der Waals surface area contributed by atoms with Gasteiger partial charge < -0.3 is 5.32 Å². The van der Waals surface area contributed by atoms with Crippen molar-refractivity contribution >= 4 is 5.69 Å². The van der Waals surface area contributed by atoms with Crippen molar-refractivity contribution in [1.82, 2.24) is 14.8 Å². The van der Waals surface area contributed by atoms with E-state index in [1.54, 1.807) is 4.68 Å². The maximum Gasteiger partial charge on any atom is 0.160 e. The molecule has 0 aliphatic carbocycles. The Bertz CT molecular complexity index is 537. The van der Waals surface area contributed by atoms with Gasteiger partial charge in [0.25, 0.3) is 0 Å². The van der Waals surface area contributed by atoms with Gasteiger partial charge in [-0.15, -0.1) is 0 Å². The molecule has 0 bridgehead atoms. The first kappa shape index (κ1) is 12.5. The molecule has 4 nitrogen and oxygen atoms in total. The molecule has 0 aliphatic rings. The summed E-state index contributed by atoms with van der Waals surface area (Å²) in [5, 5.41) is 7.07. The molecule has 0 aliphatic heterocycles. The van der Waals surface area contributed by atoms with Crippen molar-refractivity contribution in [3.8, 4) is 0 Å². The smallest absolute Gasteiger partial charge is 0.160 e. The predicted molar refractivity (Wildman–Crippen MR) is 64.1 cm³/mol. The summed E-state index contributed by atoms with van der Waals surface area (Å²) in [6.45, 7) is 4.40. The first-order valence-electron chi connectivity index (χ1n) is 5.65. The Morgan fingerprint density at radius 1 is 1.28 bits per heavy atom. The molecule has 96 valence electrons. The zero-order valence-corrected chi connectivity index (χ0v) is 10.2. The van der Waals surface area contributed by atoms with Gasteiger partial charge in [-0.3, -0.25) is 0 Å². The SMILES string of the molecule is CC(C)n1ncnc1CNc1ccc(F)c(F)c1. The molecule has 0 saturated carbocycles. The summed E-state index contributed by atoms with van der Waals surface area (Å²) in [5.41, 5.74) is 0.507. The van der Waals surface area contributed by atoms with E-state index in [0.29, 0.717) is 12.2 Å². The van der Waals surface area contributed by atoms with Crippen LogP contribution in [0.1, 0.15) is 25.7 Å². The molecule has 0 unspecified atom stereocenters. The lowest BCUT2D eigenvalue weighted by atomic mass is 10.3. The van der Waals surface area contributed by atoms with Crippen molar-refractivity contribution < 1.29 is 8.78 Å². The van der Waals surface area contributed by atoms with Gasteiger partial charge in [0.1, 0.15) is 12.2 Å². The number of anilines is 1. The average molecular weight is 252 g/mol. The minimum absolute atomic E-state index is 0.203. The highest BCUT2D eigenvalue weighted by Gasteiger charge is 2.08. The number of nitrogens with zero attached hydrogens (tertiary/aromatic N) is 3. The molecule has 6 heteroatoms. The third-order valence-electron chi connectivity index (χ3n) is 2.51. The maximum atomic E-state index is 13.0. The number of aromatic nitrogens is 3. The van der Waals surface area contributed by atoms with Gasteiger partial charge >= 0.3 is 0 Å². The molecule has 2 aromatic rings. The zero-order valence-electron chi connectivity index (χ0n) is 10.2. The van der Waals surface area contributed by atoms with Crippen LogP contribution >= 0.6 is 0 Å². The van der Waals surface area contributed by atoms with E-state index in [9.17, 15) is 8.78 Å². The van der Waals surface area contributed by atoms with Crippen LogP contribution in [0.15, 0.2) is 24.5 Å². The van der Waals surface area contributed by atoms with Crippen molar-refractivity contribution in [1.29, 1.82) is 0 Å². The minimum atomic E-state index is -0.870. The molecule has 1 aromatic carbocycles. The van der Waals surface area contributed by atoms with Crippen molar-refractivity contribution in [3.05, 3.63) is 42.0 Å². The quantitative estimate of drug-likeness (QED) is 0.909. The highest BCUT2D eigenvalue weighted by Crippen LogP contribution is 2.14. The fourth-order valence-corrected chi connectivity index (χ4v) is 1.62. The number of rotatable bonds is 4. The summed E-state index contributed by atoms with van der Waals surface area (Å²) in [5.74, 6) is -0.981. The summed E-state index contributed by atoms with van der Waals surface area (Å²) in [6.07, 6.45) is 1.47. The lowest BCUT2D eigenvalue weighted by molar-refractivity contribution is 0.506. The Balaban J connectivity index is 2.07. The van der Waals surface area contributed by atoms with Crippen molar-refractivity contribution in [3.63, 3.8) is 0 Å². The third-order valence-corrected chi connectivity index (χ3v) is 2.51. The molecule has 2 rings (SSSR count). The van der Waals surface area contributed by atoms with E-state index in [1.165, 1.54) is 12.4 Å². The Hall–Kier alpha value is -1.98. The summed E-state index contributed by atoms with van der Waals surface area (Å²) >= 11 is 0. The van der Waals surface area contributed by atoms with Crippen LogP contribution in [0.3, 0.4) is 0 Å². The summed E-state index contributed by atoms with van der Waals surface area (Å²) < 4.78 is 27.5. The highest BCUT2D eigenvalue weighted by molar-refractivity contribution is 5.43. The second-order valence-electron chi connectivity index (χ2n) is 4.20. The standard InChI is InChI=1S/C12H14F2N4/c1-8(2)18-12(16-7-17-18)6-15-9-3-4-10(13)11(14)5-9/h3-5,7-8,15H,6H2,1-2H3. The van der Waals surface area contributed by atoms with Crippen LogP contribution in [0.5, 0.6) is 0 Å². The van der Waals surface area contributed by atoms with Gasteiger partial charge in [0.05, 0.1) is 6.54 Å². The Labute approximate surface area is 104 Å². The molecule has 0 spiro atoms. The minimum Gasteiger partial charge on any atom is -0.378 e. The van der Waals surface area contributed by atoms with Gasteiger partial charge in [-0.05, 0) is 26.0 Å². The lowest BCUT2D eigenvalue weighted by Gasteiger charge is -2.10. The highest BCUT2D eigenvalue weighted by atomic mass is 19.2. The van der Waals surface area contributed by atoms with Gasteiger partial charge in [0.2, 0.25) is 0 Å². The van der Waals surface area contributed by atoms with E-state index in [1.807, 2.05) is 13.8 Å². The topological polar surface area (TPSA) is 42.7 Å². The predicted octanol–water partition coefficient (Wildman–Crippen LogP) is 2.75. The van der Waals surface area contributed by atoms with Gasteiger partial charge in [0, 0.05) is 17.8 Å². The summed E-state index contributed by atoms with van der Waals surface area (Å²) in [4.78, 5) is 4.11. The third kappa shape index (κ3) is 2.64. The summed E-state index contributed by atoms with van der Waals surface area (Å²) in [6, 6.07) is 3.89. The molecule has 0 atom stereocenters. The van der Waals surface area contributed by atoms with E-state index in [2.05, 4.69) is 15.4 Å². The summed E-state index contributed by atoms with van der Waals surface area (Å²) in [7, 11) is 0. The molecule has 0 radical (unpaired) electrons. The molecule has 1 aromatic heterocycles. The Kier molecular flexibility index (Phi) is 3.55. The van der Waals surface area contributed by atoms with E-state index < -0.39 is 11.6 Å². The second-order valence-corrected chi connectivity index (χ2v) is 4.20. The Morgan fingerprint density at radius 2 is 2.06 bits per heavy atom. The fraction of sp³-hybridized carbons (Fsp3) is 0.333. The fourth-order valence-electron chi connectivity index (χ4n) is 1.62. The number of hydrogen-bond donors (Lipinski definition) is 1. The van der Waals surface area contributed by atoms with Gasteiger partial charge in [-0.1, -0.05) is 0 Å². The molecule has 0 amide bonds. The molecular weight excluding hydrogens is 238 g/mol. The van der Waals surface area contributed by atoms with E-state index >= 15 is 0 Å². The number of nitrogens with one attached hydrogen (secondary N) is 1. The molecule has 1 N–H and O–H groups in total. The van der Waals surface area contributed by atoms with Crippen LogP contribution in [0.25, 0.3) is 0 Å². The van der Waals surface area contributed by atoms with Crippen LogP contribution < -0.4 is 5.32 Å². The van der Waals surface area contributed by atoms with E-state index in [4.69, 9.17) is 0 Å². The van der Waals surface area contributed by atoms with Crippen molar-refractivity contribution in [2.45, 2.75) is 26.4 Å². The zero-order chi connectivity index (χ0) is 13.1. The van der Waals surface area contributed by atoms with Crippen LogP contribution in [-0.4, -0.2) is 14.8 Å². The maximum absolute atomic E-state index is 13.0. The average Bonchev–Trinajstić information content (AvgIpc) is 2.79. The normalized spacial score (nSPS) is 10.9. The Morgan fingerprint density at radius 3 is 2.72 bits per heavy atom. The monoisotopic (exact) mass is 252 g/mol. The molecule has 1 heterocycles.